The van der Waals surface area contributed by atoms with Gasteiger partial charge in [0.25, 0.3) is 5.91 Å². The van der Waals surface area contributed by atoms with Crippen LogP contribution in [0.25, 0.3) is 16.7 Å². The van der Waals surface area contributed by atoms with Crippen molar-refractivity contribution in [2.75, 3.05) is 5.32 Å². The fourth-order valence-electron chi connectivity index (χ4n) is 3.23. The number of aromatic nitrogens is 3. The third-order valence-electron chi connectivity index (χ3n) is 5.03. The summed E-state index contributed by atoms with van der Waals surface area (Å²) in [7, 11) is 0. The number of nitrogens with zero attached hydrogens (tertiary/aromatic N) is 3. The number of rotatable bonds is 4. The second kappa shape index (κ2) is 8.65. The Kier molecular flexibility index (Phi) is 5.77. The van der Waals surface area contributed by atoms with Crippen molar-refractivity contribution in [3.05, 3.63) is 83.4 Å². The van der Waals surface area contributed by atoms with Gasteiger partial charge in [-0.1, -0.05) is 44.2 Å². The summed E-state index contributed by atoms with van der Waals surface area (Å²) in [5.74, 6) is 0.166. The highest BCUT2D eigenvalue weighted by Gasteiger charge is 2.12. The Balaban J connectivity index is 1.49. The number of para-hydroxylation sites is 1. The van der Waals surface area contributed by atoms with Gasteiger partial charge in [-0.15, -0.1) is 10.2 Å². The lowest BCUT2D eigenvalue weighted by Crippen LogP contribution is -2.34. The Morgan fingerprint density at radius 2 is 1.61 bits per heavy atom. The number of nitrogens with one attached hydrogen (secondary N) is 2. The Labute approximate surface area is 186 Å². The second-order valence-corrected chi connectivity index (χ2v) is 8.07. The topological polar surface area (TPSA) is 71.8 Å². The average molecular weight is 430 g/mol. The van der Waals surface area contributed by atoms with Gasteiger partial charge in [0.1, 0.15) is 11.0 Å². The van der Waals surface area contributed by atoms with Crippen molar-refractivity contribution in [1.82, 2.24) is 20.3 Å². The second-order valence-electron chi connectivity index (χ2n) is 7.67. The molecule has 6 nitrogen and oxygen atoms in total. The quantitative estimate of drug-likeness (QED) is 0.448. The van der Waals surface area contributed by atoms with E-state index in [0.29, 0.717) is 11.5 Å². The number of hydrogen-bond acceptors (Lipinski definition) is 4. The van der Waals surface area contributed by atoms with Gasteiger partial charge in [-0.05, 0) is 72.6 Å². The minimum Gasteiger partial charge on any atom is -0.332 e. The van der Waals surface area contributed by atoms with E-state index in [1.165, 1.54) is 5.56 Å². The molecule has 0 fully saturated rings. The van der Waals surface area contributed by atoms with Crippen LogP contribution in [0.1, 0.15) is 41.3 Å². The minimum atomic E-state index is -0.249. The maximum absolute atomic E-state index is 12.5. The van der Waals surface area contributed by atoms with Gasteiger partial charge in [-0.25, -0.2) is 0 Å². The zero-order valence-electron chi connectivity index (χ0n) is 17.6. The van der Waals surface area contributed by atoms with Gasteiger partial charge < -0.3 is 5.32 Å². The van der Waals surface area contributed by atoms with Crippen LogP contribution in [0.4, 0.5) is 5.69 Å². The van der Waals surface area contributed by atoms with E-state index in [-0.39, 0.29) is 11.0 Å². The van der Waals surface area contributed by atoms with Gasteiger partial charge in [-0.2, -0.15) is 4.80 Å². The number of carbonyl (C=O) groups excluding carboxylic acids is 1. The molecule has 0 aliphatic heterocycles. The molecule has 3 aromatic carbocycles. The first-order valence-corrected chi connectivity index (χ1v) is 10.5. The van der Waals surface area contributed by atoms with Crippen LogP contribution in [0.2, 0.25) is 0 Å². The van der Waals surface area contributed by atoms with E-state index >= 15 is 0 Å². The molecule has 4 rings (SSSR count). The van der Waals surface area contributed by atoms with E-state index in [9.17, 15) is 4.79 Å². The molecule has 1 amide bonds. The standard InChI is InChI=1S/C24H23N5OS/c1-15(2)17-9-11-18(12-10-17)23(30)26-24(31)25-20-14-22-21(13-16(20)3)27-29(28-22)19-7-5-4-6-8-19/h4-15H,1-3H3,(H2,25,26,30,31). The largest absolute Gasteiger partial charge is 0.332 e. The predicted molar refractivity (Wildman–Crippen MR) is 128 cm³/mol. The molecule has 156 valence electrons. The van der Waals surface area contributed by atoms with Crippen molar-refractivity contribution >= 4 is 40.0 Å². The van der Waals surface area contributed by atoms with E-state index in [1.54, 1.807) is 4.80 Å². The number of hydrogen-bond donors (Lipinski definition) is 2. The van der Waals surface area contributed by atoms with Gasteiger partial charge in [0.2, 0.25) is 0 Å². The molecule has 0 spiro atoms. The number of thiocarbonyl (C=S) groups is 1. The van der Waals surface area contributed by atoms with Gasteiger partial charge in [0.15, 0.2) is 5.11 Å². The highest BCUT2D eigenvalue weighted by atomic mass is 32.1. The van der Waals surface area contributed by atoms with Crippen LogP contribution in [-0.4, -0.2) is 26.0 Å². The van der Waals surface area contributed by atoms with E-state index in [2.05, 4.69) is 34.7 Å². The summed E-state index contributed by atoms with van der Waals surface area (Å²) in [5, 5.41) is 15.2. The molecule has 0 saturated carbocycles. The molecule has 0 radical (unpaired) electrons. The van der Waals surface area contributed by atoms with Crippen LogP contribution in [0, 0.1) is 6.92 Å². The van der Waals surface area contributed by atoms with Gasteiger partial charge in [-0.3, -0.25) is 10.1 Å². The van der Waals surface area contributed by atoms with Crippen LogP contribution in [0.15, 0.2) is 66.7 Å². The lowest BCUT2D eigenvalue weighted by molar-refractivity contribution is 0.0977. The third-order valence-corrected chi connectivity index (χ3v) is 5.23. The van der Waals surface area contributed by atoms with Crippen LogP contribution < -0.4 is 10.6 Å². The first-order chi connectivity index (χ1) is 14.9. The summed E-state index contributed by atoms with van der Waals surface area (Å²) in [4.78, 5) is 14.1. The maximum Gasteiger partial charge on any atom is 0.257 e. The Bertz CT molecular complexity index is 1250. The molecular formula is C24H23N5OS. The molecule has 31 heavy (non-hydrogen) atoms. The van der Waals surface area contributed by atoms with Crippen LogP contribution >= 0.6 is 12.2 Å². The summed E-state index contributed by atoms with van der Waals surface area (Å²) in [6, 6.07) is 21.1. The smallest absolute Gasteiger partial charge is 0.257 e. The van der Waals surface area contributed by atoms with Crippen molar-refractivity contribution in [3.8, 4) is 5.69 Å². The summed E-state index contributed by atoms with van der Waals surface area (Å²) in [6.45, 7) is 6.19. The molecule has 0 saturated heterocycles. The fraction of sp³-hybridized carbons (Fsp3) is 0.167. The normalized spacial score (nSPS) is 11.0. The number of amides is 1. The molecule has 4 aromatic rings. The molecule has 0 unspecified atom stereocenters. The van der Waals surface area contributed by atoms with Crippen LogP contribution in [-0.2, 0) is 0 Å². The van der Waals surface area contributed by atoms with Crippen LogP contribution in [0.5, 0.6) is 0 Å². The summed E-state index contributed by atoms with van der Waals surface area (Å²) < 4.78 is 0. The lowest BCUT2D eigenvalue weighted by atomic mass is 10.0. The van der Waals surface area contributed by atoms with E-state index in [1.807, 2.05) is 73.7 Å². The van der Waals surface area contributed by atoms with Crippen molar-refractivity contribution in [2.24, 2.45) is 0 Å². The molecule has 1 heterocycles. The molecular weight excluding hydrogens is 406 g/mol. The SMILES string of the molecule is Cc1cc2nn(-c3ccccc3)nc2cc1NC(=S)NC(=O)c1ccc(C(C)C)cc1. The molecule has 7 heteroatoms. The van der Waals surface area contributed by atoms with Gasteiger partial charge in [0.05, 0.1) is 5.69 Å². The number of aryl methyl sites for hydroxylation is 1. The highest BCUT2D eigenvalue weighted by molar-refractivity contribution is 7.80. The van der Waals surface area contributed by atoms with Crippen molar-refractivity contribution in [2.45, 2.75) is 26.7 Å². The Morgan fingerprint density at radius 1 is 0.968 bits per heavy atom. The van der Waals surface area contributed by atoms with Crippen molar-refractivity contribution in [1.29, 1.82) is 0 Å². The average Bonchev–Trinajstić information content (AvgIpc) is 3.17. The Morgan fingerprint density at radius 3 is 2.26 bits per heavy atom. The van der Waals surface area contributed by atoms with Crippen LogP contribution in [0.3, 0.4) is 0 Å². The highest BCUT2D eigenvalue weighted by Crippen LogP contribution is 2.22. The summed E-state index contributed by atoms with van der Waals surface area (Å²) in [5.41, 5.74) is 5.87. The van der Waals surface area contributed by atoms with E-state index in [0.717, 1.165) is 28.0 Å². The zero-order chi connectivity index (χ0) is 22.0. The Hall–Kier alpha value is -3.58. The number of carbonyl (C=O) groups is 1. The molecule has 0 aliphatic rings. The number of benzene rings is 3. The molecule has 0 aliphatic carbocycles. The van der Waals surface area contributed by atoms with E-state index in [4.69, 9.17) is 12.2 Å². The zero-order valence-corrected chi connectivity index (χ0v) is 18.4. The fourth-order valence-corrected chi connectivity index (χ4v) is 3.43. The van der Waals surface area contributed by atoms with Gasteiger partial charge >= 0.3 is 0 Å². The van der Waals surface area contributed by atoms with Gasteiger partial charge in [0, 0.05) is 11.3 Å². The molecule has 0 bridgehead atoms. The minimum absolute atomic E-state index is 0.232. The first-order valence-electron chi connectivity index (χ1n) is 10.1. The monoisotopic (exact) mass is 429 g/mol. The predicted octanol–water partition coefficient (Wildman–Crippen LogP) is 4.98. The number of fused-ring (bicyclic) bond motifs is 1. The van der Waals surface area contributed by atoms with Crippen molar-refractivity contribution in [3.63, 3.8) is 0 Å². The summed E-state index contributed by atoms with van der Waals surface area (Å²) >= 11 is 5.36. The summed E-state index contributed by atoms with van der Waals surface area (Å²) in [6.07, 6.45) is 0. The molecule has 2 N–H and O–H groups in total. The number of anilines is 1. The first kappa shape index (κ1) is 20.7. The maximum atomic E-state index is 12.5. The lowest BCUT2D eigenvalue weighted by Gasteiger charge is -2.12. The third kappa shape index (κ3) is 4.62. The van der Waals surface area contributed by atoms with Crippen molar-refractivity contribution < 1.29 is 4.79 Å². The van der Waals surface area contributed by atoms with E-state index < -0.39 is 0 Å². The molecule has 0 atom stereocenters. The molecule has 1 aromatic heterocycles.